The standard InChI is InChI=1S/C25H34ClNO3/c1-7-9-19(27-30-8-2)23-20(28)10-16(11-21(23)29)22-14(3)17-12-25(5,6)13-18(17)15(4)24(22)26/h16,28H,7-13H2,1-6H3. The maximum atomic E-state index is 13.1. The number of hydrogen-bond donors (Lipinski definition) is 1. The highest BCUT2D eigenvalue weighted by Gasteiger charge is 2.37. The molecule has 0 heterocycles. The minimum Gasteiger partial charge on any atom is -0.511 e. The molecule has 4 nitrogen and oxygen atoms in total. The van der Waals surface area contributed by atoms with Gasteiger partial charge in [-0.15, -0.1) is 0 Å². The molecule has 3 rings (SSSR count). The molecule has 0 aliphatic heterocycles. The molecule has 0 bridgehead atoms. The smallest absolute Gasteiger partial charge is 0.168 e. The van der Waals surface area contributed by atoms with Crippen molar-refractivity contribution in [3.63, 3.8) is 0 Å². The molecule has 2 aliphatic carbocycles. The number of hydrogen-bond acceptors (Lipinski definition) is 4. The Labute approximate surface area is 185 Å². The molecule has 0 radical (unpaired) electrons. The first-order valence-corrected chi connectivity index (χ1v) is 11.4. The van der Waals surface area contributed by atoms with Crippen LogP contribution in [0, 0.1) is 19.3 Å². The van der Waals surface area contributed by atoms with Gasteiger partial charge in [0.05, 0.1) is 11.3 Å². The normalized spacial score (nSPS) is 21.2. The molecule has 0 saturated heterocycles. The molecule has 5 heteroatoms. The van der Waals surface area contributed by atoms with Gasteiger partial charge >= 0.3 is 0 Å². The molecule has 164 valence electrons. The Bertz CT molecular complexity index is 927. The number of allylic oxidation sites excluding steroid dienone is 2. The molecule has 30 heavy (non-hydrogen) atoms. The van der Waals surface area contributed by atoms with Crippen LogP contribution in [0.4, 0.5) is 0 Å². The molecule has 2 aliphatic rings. The number of ketones is 1. The van der Waals surface area contributed by atoms with Gasteiger partial charge in [-0.1, -0.05) is 43.9 Å². The fourth-order valence-electron chi connectivity index (χ4n) is 5.12. The zero-order valence-corrected chi connectivity index (χ0v) is 19.9. The lowest BCUT2D eigenvalue weighted by Gasteiger charge is -2.28. The third kappa shape index (κ3) is 4.16. The van der Waals surface area contributed by atoms with E-state index in [1.54, 1.807) is 0 Å². The molecule has 1 unspecified atom stereocenters. The molecule has 0 spiro atoms. The average molecular weight is 432 g/mol. The molecular formula is C25H34ClNO3. The number of halogens is 1. The van der Waals surface area contributed by atoms with Crippen molar-refractivity contribution in [3.05, 3.63) is 44.2 Å². The number of Topliss-reactive ketones (excluding diaryl/α,β-unsaturated/α-hetero) is 1. The SMILES string of the molecule is CCCC(=NOCC)C1=C(O)CC(c2c(C)c3c(c(C)c2Cl)CC(C)(C)C3)CC1=O. The van der Waals surface area contributed by atoms with Crippen LogP contribution in [0.2, 0.25) is 5.02 Å². The van der Waals surface area contributed by atoms with E-state index in [-0.39, 0.29) is 22.9 Å². The van der Waals surface area contributed by atoms with E-state index in [9.17, 15) is 9.90 Å². The number of nitrogens with zero attached hydrogens (tertiary/aromatic N) is 1. The minimum atomic E-state index is -0.114. The quantitative estimate of drug-likeness (QED) is 0.411. The number of benzene rings is 1. The van der Waals surface area contributed by atoms with Crippen molar-refractivity contribution in [1.29, 1.82) is 0 Å². The van der Waals surface area contributed by atoms with Crippen LogP contribution in [0.15, 0.2) is 16.5 Å². The van der Waals surface area contributed by atoms with E-state index >= 15 is 0 Å². The molecule has 1 aromatic rings. The highest BCUT2D eigenvalue weighted by atomic mass is 35.5. The van der Waals surface area contributed by atoms with Crippen LogP contribution in [0.25, 0.3) is 0 Å². The first-order chi connectivity index (χ1) is 14.1. The van der Waals surface area contributed by atoms with Crippen molar-refractivity contribution in [3.8, 4) is 0 Å². The number of aliphatic hydroxyl groups is 1. The van der Waals surface area contributed by atoms with Crippen LogP contribution in [0.3, 0.4) is 0 Å². The summed E-state index contributed by atoms with van der Waals surface area (Å²) in [6, 6.07) is 0. The number of fused-ring (bicyclic) bond motifs is 1. The summed E-state index contributed by atoms with van der Waals surface area (Å²) in [5.74, 6) is -0.0851. The van der Waals surface area contributed by atoms with E-state index in [2.05, 4.69) is 32.9 Å². The van der Waals surface area contributed by atoms with Crippen molar-refractivity contribution < 1.29 is 14.7 Å². The summed E-state index contributed by atoms with van der Waals surface area (Å²) >= 11 is 6.87. The van der Waals surface area contributed by atoms with Crippen molar-refractivity contribution >= 4 is 23.1 Å². The summed E-state index contributed by atoms with van der Waals surface area (Å²) in [6.07, 6.45) is 4.21. The van der Waals surface area contributed by atoms with Crippen LogP contribution >= 0.6 is 11.6 Å². The van der Waals surface area contributed by atoms with Crippen LogP contribution in [-0.4, -0.2) is 23.2 Å². The molecule has 1 aromatic carbocycles. The molecule has 0 aromatic heterocycles. The Morgan fingerprint density at radius 1 is 1.17 bits per heavy atom. The lowest BCUT2D eigenvalue weighted by molar-refractivity contribution is -0.116. The fraction of sp³-hybridized carbons (Fsp3) is 0.600. The summed E-state index contributed by atoms with van der Waals surface area (Å²) in [5, 5.41) is 15.8. The van der Waals surface area contributed by atoms with Crippen molar-refractivity contribution in [2.24, 2.45) is 10.6 Å². The van der Waals surface area contributed by atoms with E-state index in [4.69, 9.17) is 16.4 Å². The van der Waals surface area contributed by atoms with Gasteiger partial charge in [0.25, 0.3) is 0 Å². The van der Waals surface area contributed by atoms with Crippen molar-refractivity contribution in [1.82, 2.24) is 0 Å². The average Bonchev–Trinajstić information content (AvgIpc) is 3.00. The maximum absolute atomic E-state index is 13.1. The largest absolute Gasteiger partial charge is 0.511 e. The van der Waals surface area contributed by atoms with Crippen LogP contribution < -0.4 is 0 Å². The van der Waals surface area contributed by atoms with Crippen LogP contribution in [0.1, 0.15) is 87.1 Å². The number of rotatable bonds is 6. The molecule has 0 saturated carbocycles. The second-order valence-electron chi connectivity index (χ2n) is 9.51. The monoisotopic (exact) mass is 431 g/mol. The highest BCUT2D eigenvalue weighted by molar-refractivity contribution is 6.32. The van der Waals surface area contributed by atoms with E-state index in [0.29, 0.717) is 37.2 Å². The summed E-state index contributed by atoms with van der Waals surface area (Å²) in [7, 11) is 0. The van der Waals surface area contributed by atoms with E-state index < -0.39 is 0 Å². The number of oxime groups is 1. The van der Waals surface area contributed by atoms with Crippen LogP contribution in [0.5, 0.6) is 0 Å². The second-order valence-corrected chi connectivity index (χ2v) is 9.89. The number of carbonyl (C=O) groups excluding carboxylic acids is 1. The topological polar surface area (TPSA) is 58.9 Å². The van der Waals surface area contributed by atoms with Gasteiger partial charge in [-0.05, 0) is 79.2 Å². The number of carbonyl (C=O) groups is 1. The van der Waals surface area contributed by atoms with Gasteiger partial charge < -0.3 is 9.94 Å². The van der Waals surface area contributed by atoms with Gasteiger partial charge in [-0.3, -0.25) is 4.79 Å². The van der Waals surface area contributed by atoms with E-state index in [1.165, 1.54) is 16.7 Å². The summed E-state index contributed by atoms with van der Waals surface area (Å²) in [5.41, 5.74) is 7.21. The minimum absolute atomic E-state index is 0.0791. The molecular weight excluding hydrogens is 398 g/mol. The van der Waals surface area contributed by atoms with Crippen molar-refractivity contribution in [2.75, 3.05) is 6.61 Å². The Morgan fingerprint density at radius 2 is 1.80 bits per heavy atom. The zero-order chi connectivity index (χ0) is 22.2. The molecule has 0 fully saturated rings. The molecule has 1 atom stereocenters. The zero-order valence-electron chi connectivity index (χ0n) is 19.1. The van der Waals surface area contributed by atoms with E-state index in [0.717, 1.165) is 35.4 Å². The van der Waals surface area contributed by atoms with Gasteiger partial charge in [-0.25, -0.2) is 0 Å². The van der Waals surface area contributed by atoms with Gasteiger partial charge in [0.2, 0.25) is 0 Å². The number of aliphatic hydroxyl groups excluding tert-OH is 1. The third-order valence-corrected chi connectivity index (χ3v) is 6.96. The van der Waals surface area contributed by atoms with Crippen molar-refractivity contribution in [2.45, 2.75) is 86.0 Å². The maximum Gasteiger partial charge on any atom is 0.168 e. The summed E-state index contributed by atoms with van der Waals surface area (Å²) in [4.78, 5) is 18.3. The predicted molar refractivity (Wildman–Crippen MR) is 123 cm³/mol. The Morgan fingerprint density at radius 3 is 2.37 bits per heavy atom. The third-order valence-electron chi connectivity index (χ3n) is 6.48. The molecule has 0 amide bonds. The van der Waals surface area contributed by atoms with Gasteiger partial charge in [-0.2, -0.15) is 0 Å². The first-order valence-electron chi connectivity index (χ1n) is 11.1. The van der Waals surface area contributed by atoms with Crippen LogP contribution in [-0.2, 0) is 22.5 Å². The predicted octanol–water partition coefficient (Wildman–Crippen LogP) is 6.53. The Kier molecular flexibility index (Phi) is 6.66. The first kappa shape index (κ1) is 22.9. The summed E-state index contributed by atoms with van der Waals surface area (Å²) in [6.45, 7) is 13.1. The van der Waals surface area contributed by atoms with E-state index in [1.807, 2.05) is 13.8 Å². The lowest BCUT2D eigenvalue weighted by Crippen LogP contribution is -2.25. The van der Waals surface area contributed by atoms with Gasteiger partial charge in [0, 0.05) is 17.9 Å². The Hall–Kier alpha value is -1.81. The molecule has 1 N–H and O–H groups in total. The van der Waals surface area contributed by atoms with Gasteiger partial charge in [0.1, 0.15) is 12.4 Å². The van der Waals surface area contributed by atoms with Gasteiger partial charge in [0.15, 0.2) is 5.78 Å². The highest BCUT2D eigenvalue weighted by Crippen LogP contribution is 2.47. The summed E-state index contributed by atoms with van der Waals surface area (Å²) < 4.78 is 0. The second kappa shape index (κ2) is 8.74. The fourth-order valence-corrected chi connectivity index (χ4v) is 5.53. The Balaban J connectivity index is 2.02. The lowest BCUT2D eigenvalue weighted by atomic mass is 9.77.